The standard InChI is InChI=1S/C12H16ClN3O.ClH/c1-16(8-9-4-6-14-7-9)12(17)10-3-2-5-15-11(10)13;/h2-3,5,9,14H,4,6-8H2,1H3;1H. The molecule has 4 nitrogen and oxygen atoms in total. The summed E-state index contributed by atoms with van der Waals surface area (Å²) < 4.78 is 0. The molecule has 1 atom stereocenters. The molecule has 0 bridgehead atoms. The molecule has 1 N–H and O–H groups in total. The number of pyridine rings is 1. The zero-order valence-corrected chi connectivity index (χ0v) is 11.8. The van der Waals surface area contributed by atoms with Gasteiger partial charge in [0.25, 0.3) is 5.91 Å². The van der Waals surface area contributed by atoms with Gasteiger partial charge in [-0.25, -0.2) is 4.98 Å². The molecule has 1 fully saturated rings. The van der Waals surface area contributed by atoms with E-state index in [-0.39, 0.29) is 23.5 Å². The molecule has 100 valence electrons. The van der Waals surface area contributed by atoms with E-state index in [1.807, 2.05) is 7.05 Å². The molecular formula is C12H17Cl2N3O. The molecule has 2 heterocycles. The van der Waals surface area contributed by atoms with Gasteiger partial charge < -0.3 is 10.2 Å². The highest BCUT2D eigenvalue weighted by Crippen LogP contribution is 2.15. The molecule has 1 aliphatic rings. The SMILES string of the molecule is CN(CC1CCNC1)C(=O)c1cccnc1Cl.Cl. The van der Waals surface area contributed by atoms with Crippen molar-refractivity contribution in [2.75, 3.05) is 26.7 Å². The first-order chi connectivity index (χ1) is 8.18. The molecule has 0 saturated carbocycles. The van der Waals surface area contributed by atoms with Crippen molar-refractivity contribution >= 4 is 29.9 Å². The van der Waals surface area contributed by atoms with Crippen LogP contribution in [0.25, 0.3) is 0 Å². The maximum atomic E-state index is 12.1. The Morgan fingerprint density at radius 1 is 1.67 bits per heavy atom. The monoisotopic (exact) mass is 289 g/mol. The molecule has 1 aliphatic heterocycles. The second-order valence-corrected chi connectivity index (χ2v) is 4.74. The third-order valence-electron chi connectivity index (χ3n) is 3.03. The summed E-state index contributed by atoms with van der Waals surface area (Å²) in [5.41, 5.74) is 0.475. The summed E-state index contributed by atoms with van der Waals surface area (Å²) in [6.07, 6.45) is 2.71. The zero-order chi connectivity index (χ0) is 12.3. The molecule has 0 radical (unpaired) electrons. The Labute approximate surface area is 118 Å². The fourth-order valence-corrected chi connectivity index (χ4v) is 2.29. The lowest BCUT2D eigenvalue weighted by Crippen LogP contribution is -2.32. The second-order valence-electron chi connectivity index (χ2n) is 4.39. The number of hydrogen-bond acceptors (Lipinski definition) is 3. The van der Waals surface area contributed by atoms with Gasteiger partial charge in [0.05, 0.1) is 5.56 Å². The van der Waals surface area contributed by atoms with Crippen molar-refractivity contribution in [1.82, 2.24) is 15.2 Å². The van der Waals surface area contributed by atoms with Gasteiger partial charge in [0, 0.05) is 19.8 Å². The molecule has 1 saturated heterocycles. The van der Waals surface area contributed by atoms with Gasteiger partial charge in [-0.2, -0.15) is 0 Å². The van der Waals surface area contributed by atoms with Gasteiger partial charge in [0.1, 0.15) is 5.15 Å². The average Bonchev–Trinajstić information content (AvgIpc) is 2.81. The smallest absolute Gasteiger partial charge is 0.256 e. The van der Waals surface area contributed by atoms with E-state index in [1.165, 1.54) is 0 Å². The number of nitrogens with one attached hydrogen (secondary N) is 1. The molecule has 1 aromatic rings. The van der Waals surface area contributed by atoms with Crippen LogP contribution in [0.4, 0.5) is 0 Å². The Bertz CT molecular complexity index is 408. The molecular weight excluding hydrogens is 273 g/mol. The molecule has 1 unspecified atom stereocenters. The van der Waals surface area contributed by atoms with Gasteiger partial charge in [0.2, 0.25) is 0 Å². The number of hydrogen-bond donors (Lipinski definition) is 1. The number of nitrogens with zero attached hydrogens (tertiary/aromatic N) is 2. The maximum absolute atomic E-state index is 12.1. The second kappa shape index (κ2) is 6.92. The van der Waals surface area contributed by atoms with Gasteiger partial charge in [-0.3, -0.25) is 4.79 Å². The van der Waals surface area contributed by atoms with Crippen molar-refractivity contribution in [3.63, 3.8) is 0 Å². The van der Waals surface area contributed by atoms with Crippen LogP contribution in [0, 0.1) is 5.92 Å². The Morgan fingerprint density at radius 3 is 3.06 bits per heavy atom. The first-order valence-electron chi connectivity index (χ1n) is 5.75. The number of aromatic nitrogens is 1. The van der Waals surface area contributed by atoms with Crippen molar-refractivity contribution < 1.29 is 4.79 Å². The van der Waals surface area contributed by atoms with Gasteiger partial charge in [-0.05, 0) is 37.6 Å². The predicted octanol–water partition coefficient (Wildman–Crippen LogP) is 1.84. The summed E-state index contributed by atoms with van der Waals surface area (Å²) in [6.45, 7) is 2.79. The first-order valence-corrected chi connectivity index (χ1v) is 6.13. The highest BCUT2D eigenvalue weighted by atomic mass is 35.5. The predicted molar refractivity (Wildman–Crippen MR) is 74.4 cm³/mol. The van der Waals surface area contributed by atoms with Crippen molar-refractivity contribution in [2.24, 2.45) is 5.92 Å². The van der Waals surface area contributed by atoms with E-state index in [2.05, 4.69) is 10.3 Å². The zero-order valence-electron chi connectivity index (χ0n) is 10.2. The molecule has 0 spiro atoms. The van der Waals surface area contributed by atoms with Gasteiger partial charge in [-0.1, -0.05) is 11.6 Å². The summed E-state index contributed by atoms with van der Waals surface area (Å²) in [7, 11) is 1.81. The fraction of sp³-hybridized carbons (Fsp3) is 0.500. The minimum Gasteiger partial charge on any atom is -0.341 e. The number of amides is 1. The van der Waals surface area contributed by atoms with Crippen LogP contribution in [-0.2, 0) is 0 Å². The van der Waals surface area contributed by atoms with Crippen LogP contribution in [0.1, 0.15) is 16.8 Å². The summed E-state index contributed by atoms with van der Waals surface area (Å²) in [6, 6.07) is 3.44. The quantitative estimate of drug-likeness (QED) is 0.864. The lowest BCUT2D eigenvalue weighted by atomic mass is 10.1. The van der Waals surface area contributed by atoms with E-state index in [0.29, 0.717) is 11.5 Å². The normalized spacial score (nSPS) is 18.2. The van der Waals surface area contributed by atoms with E-state index in [9.17, 15) is 4.79 Å². The first kappa shape index (κ1) is 15.2. The summed E-state index contributed by atoms with van der Waals surface area (Å²) in [5.74, 6) is 0.481. The topological polar surface area (TPSA) is 45.2 Å². The molecule has 2 rings (SSSR count). The van der Waals surface area contributed by atoms with Gasteiger partial charge >= 0.3 is 0 Å². The van der Waals surface area contributed by atoms with Gasteiger partial charge in [-0.15, -0.1) is 12.4 Å². The van der Waals surface area contributed by atoms with Crippen molar-refractivity contribution in [2.45, 2.75) is 6.42 Å². The van der Waals surface area contributed by atoms with E-state index in [4.69, 9.17) is 11.6 Å². The van der Waals surface area contributed by atoms with Crippen molar-refractivity contribution in [3.8, 4) is 0 Å². The molecule has 6 heteroatoms. The fourth-order valence-electron chi connectivity index (χ4n) is 2.09. The Balaban J connectivity index is 0.00000162. The third kappa shape index (κ3) is 3.57. The lowest BCUT2D eigenvalue weighted by molar-refractivity contribution is 0.0776. The minimum atomic E-state index is -0.0602. The van der Waals surface area contributed by atoms with Crippen LogP contribution in [-0.4, -0.2) is 42.5 Å². The maximum Gasteiger partial charge on any atom is 0.256 e. The largest absolute Gasteiger partial charge is 0.341 e. The summed E-state index contributed by atoms with van der Waals surface area (Å²) in [5, 5.41) is 3.56. The Kier molecular flexibility index (Phi) is 5.85. The van der Waals surface area contributed by atoms with E-state index in [1.54, 1.807) is 23.2 Å². The number of carbonyl (C=O) groups is 1. The van der Waals surface area contributed by atoms with Crippen LogP contribution in [0.5, 0.6) is 0 Å². The molecule has 0 aromatic carbocycles. The Morgan fingerprint density at radius 2 is 2.44 bits per heavy atom. The number of rotatable bonds is 3. The molecule has 1 amide bonds. The summed E-state index contributed by atoms with van der Waals surface area (Å²) in [4.78, 5) is 17.8. The van der Waals surface area contributed by atoms with Gasteiger partial charge in [0.15, 0.2) is 0 Å². The Hall–Kier alpha value is -0.840. The molecule has 1 aromatic heterocycles. The van der Waals surface area contributed by atoms with Crippen molar-refractivity contribution in [3.05, 3.63) is 29.0 Å². The van der Waals surface area contributed by atoms with Crippen LogP contribution in [0.15, 0.2) is 18.3 Å². The van der Waals surface area contributed by atoms with Crippen LogP contribution in [0.2, 0.25) is 5.15 Å². The van der Waals surface area contributed by atoms with Crippen LogP contribution >= 0.6 is 24.0 Å². The van der Waals surface area contributed by atoms with Crippen LogP contribution < -0.4 is 5.32 Å². The third-order valence-corrected chi connectivity index (χ3v) is 3.33. The van der Waals surface area contributed by atoms with E-state index in [0.717, 1.165) is 26.1 Å². The lowest BCUT2D eigenvalue weighted by Gasteiger charge is -2.21. The minimum absolute atomic E-state index is 0. The van der Waals surface area contributed by atoms with Crippen LogP contribution in [0.3, 0.4) is 0 Å². The van der Waals surface area contributed by atoms with E-state index >= 15 is 0 Å². The highest BCUT2D eigenvalue weighted by Gasteiger charge is 2.21. The van der Waals surface area contributed by atoms with Crippen molar-refractivity contribution in [1.29, 1.82) is 0 Å². The number of halogens is 2. The summed E-state index contributed by atoms with van der Waals surface area (Å²) >= 11 is 5.91. The average molecular weight is 290 g/mol. The number of carbonyl (C=O) groups excluding carboxylic acids is 1. The highest BCUT2D eigenvalue weighted by molar-refractivity contribution is 6.32. The van der Waals surface area contributed by atoms with E-state index < -0.39 is 0 Å². The molecule has 0 aliphatic carbocycles. The molecule has 18 heavy (non-hydrogen) atoms.